The smallest absolute Gasteiger partial charge is 0.344 e. The number of fused-ring (bicyclic) bond motifs is 1. The summed E-state index contributed by atoms with van der Waals surface area (Å²) in [5, 5.41) is 21.4. The second-order valence-electron chi connectivity index (χ2n) is 12.1. The van der Waals surface area contributed by atoms with Crippen molar-refractivity contribution in [3.63, 3.8) is 0 Å². The number of carboxylic acid groups (broad SMARTS) is 1. The number of nitrogens with zero attached hydrogens (tertiary/aromatic N) is 2. The minimum absolute atomic E-state index is 0. The van der Waals surface area contributed by atoms with Gasteiger partial charge in [0.15, 0.2) is 11.9 Å². The monoisotopic (exact) mass is 628 g/mol. The number of Topliss-reactive ketones (excluding diaryl/α,β-unsaturated/α-hetero) is 1. The number of aliphatic carboxylic acids is 1. The molecule has 2 aliphatic heterocycles. The number of nitrogens with one attached hydrogen (secondary N) is 2. The predicted octanol–water partition coefficient (Wildman–Crippen LogP) is 5.42. The van der Waals surface area contributed by atoms with Crippen molar-refractivity contribution in [1.29, 1.82) is 5.41 Å². The Morgan fingerprint density at radius 3 is 2.32 bits per heavy atom. The van der Waals surface area contributed by atoms with Gasteiger partial charge in [-0.25, -0.2) is 4.79 Å². The van der Waals surface area contributed by atoms with Gasteiger partial charge >= 0.3 is 5.97 Å². The molecule has 0 radical (unpaired) electrons. The van der Waals surface area contributed by atoms with Crippen molar-refractivity contribution in [2.45, 2.75) is 78.9 Å². The van der Waals surface area contributed by atoms with Crippen LogP contribution in [0.3, 0.4) is 0 Å². The second kappa shape index (κ2) is 14.3. The van der Waals surface area contributed by atoms with Crippen LogP contribution in [0.5, 0.6) is 11.5 Å². The van der Waals surface area contributed by atoms with Crippen LogP contribution in [0.2, 0.25) is 0 Å². The first kappa shape index (κ1) is 34.7. The minimum Gasteiger partial charge on any atom is -0.493 e. The maximum atomic E-state index is 13.9. The van der Waals surface area contributed by atoms with Crippen molar-refractivity contribution in [2.75, 3.05) is 37.7 Å². The van der Waals surface area contributed by atoms with Gasteiger partial charge < -0.3 is 29.7 Å². The molecular weight excluding hydrogens is 584 g/mol. The molecule has 4 rings (SSSR count). The van der Waals surface area contributed by atoms with Crippen LogP contribution in [0.4, 0.5) is 5.69 Å². The maximum absolute atomic E-state index is 13.9. The SMILES string of the molecule is CCNC(=O)c1cc2c(cc1OCC)CN(CC(=O)c1cc(N3CCCC3)c(OC(CC)C(=O)O)c(C(C)(C)C)c1)C2=N.Cl. The second-order valence-corrected chi connectivity index (χ2v) is 12.1. The first-order chi connectivity index (χ1) is 20.4. The van der Waals surface area contributed by atoms with Crippen LogP contribution in [0, 0.1) is 5.41 Å². The zero-order valence-electron chi connectivity index (χ0n) is 26.5. The predicted molar refractivity (Wildman–Crippen MR) is 173 cm³/mol. The molecule has 44 heavy (non-hydrogen) atoms. The van der Waals surface area contributed by atoms with Gasteiger partial charge in [-0.05, 0) is 68.4 Å². The van der Waals surface area contributed by atoms with Gasteiger partial charge in [-0.1, -0.05) is 27.7 Å². The standard InChI is InChI=1S/C33H44N4O6.ClH/c1-7-27(32(40)41)43-29-24(33(4,5)6)14-20(15-25(29)36-12-10-11-13-36)26(38)19-37-18-21-16-28(42-9-3)23(31(39)35-8-2)17-22(21)30(37)34;/h14-17,27,34H,7-13,18-19H2,1-6H3,(H,35,39)(H,40,41);1H. The lowest BCUT2D eigenvalue weighted by molar-refractivity contribution is -0.145. The number of ether oxygens (including phenoxy) is 2. The van der Waals surface area contributed by atoms with E-state index in [0.29, 0.717) is 54.3 Å². The third kappa shape index (κ3) is 7.29. The summed E-state index contributed by atoms with van der Waals surface area (Å²) < 4.78 is 11.9. The number of halogens is 1. The summed E-state index contributed by atoms with van der Waals surface area (Å²) in [5.41, 5.74) is 3.36. The average molecular weight is 629 g/mol. The molecule has 1 saturated heterocycles. The molecule has 2 aromatic rings. The maximum Gasteiger partial charge on any atom is 0.344 e. The molecular formula is C33H45ClN4O6. The fourth-order valence-electron chi connectivity index (χ4n) is 5.63. The Balaban J connectivity index is 0.00000529. The van der Waals surface area contributed by atoms with E-state index in [1.165, 1.54) is 0 Å². The van der Waals surface area contributed by atoms with Crippen LogP contribution in [0.15, 0.2) is 24.3 Å². The number of hydrogen-bond donors (Lipinski definition) is 3. The Labute approximate surface area is 266 Å². The fourth-order valence-corrected chi connectivity index (χ4v) is 5.63. The molecule has 240 valence electrons. The van der Waals surface area contributed by atoms with Crippen molar-refractivity contribution >= 4 is 41.6 Å². The first-order valence-corrected chi connectivity index (χ1v) is 15.2. The third-order valence-electron chi connectivity index (χ3n) is 7.91. The van der Waals surface area contributed by atoms with Gasteiger partial charge in [-0.2, -0.15) is 0 Å². The molecule has 0 bridgehead atoms. The Morgan fingerprint density at radius 2 is 1.75 bits per heavy atom. The number of anilines is 1. The summed E-state index contributed by atoms with van der Waals surface area (Å²) in [6.45, 7) is 14.3. The number of carbonyl (C=O) groups excluding carboxylic acids is 2. The highest BCUT2D eigenvalue weighted by atomic mass is 35.5. The summed E-state index contributed by atoms with van der Waals surface area (Å²) in [6, 6.07) is 7.11. The zero-order valence-corrected chi connectivity index (χ0v) is 27.4. The Morgan fingerprint density at radius 1 is 1.07 bits per heavy atom. The first-order valence-electron chi connectivity index (χ1n) is 15.2. The molecule has 1 fully saturated rings. The number of amides is 1. The topological polar surface area (TPSA) is 132 Å². The average Bonchev–Trinajstić information content (AvgIpc) is 3.59. The van der Waals surface area contributed by atoms with Gasteiger partial charge in [-0.15, -0.1) is 12.4 Å². The van der Waals surface area contributed by atoms with E-state index in [1.807, 2.05) is 46.8 Å². The van der Waals surface area contributed by atoms with Crippen LogP contribution in [-0.2, 0) is 16.8 Å². The lowest BCUT2D eigenvalue weighted by Gasteiger charge is -2.31. The molecule has 0 aliphatic carbocycles. The summed E-state index contributed by atoms with van der Waals surface area (Å²) in [5.74, 6) is -0.293. The van der Waals surface area contributed by atoms with E-state index in [1.54, 1.807) is 24.0 Å². The van der Waals surface area contributed by atoms with Crippen LogP contribution in [0.25, 0.3) is 0 Å². The van der Waals surface area contributed by atoms with Crippen LogP contribution in [-0.4, -0.2) is 72.4 Å². The number of carboxylic acids is 1. The highest BCUT2D eigenvalue weighted by molar-refractivity contribution is 6.08. The molecule has 2 aliphatic rings. The lowest BCUT2D eigenvalue weighted by Crippen LogP contribution is -2.32. The summed E-state index contributed by atoms with van der Waals surface area (Å²) in [6.07, 6.45) is 1.32. The molecule has 11 heteroatoms. The van der Waals surface area contributed by atoms with E-state index in [9.17, 15) is 19.5 Å². The molecule has 2 aromatic carbocycles. The highest BCUT2D eigenvalue weighted by Gasteiger charge is 2.33. The minimum atomic E-state index is -1.02. The Bertz CT molecular complexity index is 1410. The largest absolute Gasteiger partial charge is 0.493 e. The van der Waals surface area contributed by atoms with Gasteiger partial charge in [0.2, 0.25) is 0 Å². The van der Waals surface area contributed by atoms with Gasteiger partial charge in [0.25, 0.3) is 5.91 Å². The summed E-state index contributed by atoms with van der Waals surface area (Å²) in [7, 11) is 0. The van der Waals surface area contributed by atoms with E-state index in [-0.39, 0.29) is 36.5 Å². The number of carbonyl (C=O) groups is 3. The van der Waals surface area contributed by atoms with Crippen LogP contribution in [0.1, 0.15) is 98.2 Å². The highest BCUT2D eigenvalue weighted by Crippen LogP contribution is 2.42. The normalized spacial score (nSPS) is 15.0. The zero-order chi connectivity index (χ0) is 31.5. The van der Waals surface area contributed by atoms with Crippen LogP contribution < -0.4 is 19.7 Å². The fraction of sp³-hybridized carbons (Fsp3) is 0.515. The molecule has 2 heterocycles. The van der Waals surface area contributed by atoms with E-state index in [2.05, 4.69) is 10.2 Å². The van der Waals surface area contributed by atoms with E-state index in [0.717, 1.165) is 42.7 Å². The van der Waals surface area contributed by atoms with Crippen molar-refractivity contribution in [3.8, 4) is 11.5 Å². The lowest BCUT2D eigenvalue weighted by atomic mass is 9.84. The van der Waals surface area contributed by atoms with E-state index < -0.39 is 17.5 Å². The molecule has 0 saturated carbocycles. The summed E-state index contributed by atoms with van der Waals surface area (Å²) in [4.78, 5) is 42.4. The summed E-state index contributed by atoms with van der Waals surface area (Å²) >= 11 is 0. The molecule has 1 atom stereocenters. The Hall–Kier alpha value is -3.79. The third-order valence-corrected chi connectivity index (χ3v) is 7.91. The molecule has 1 amide bonds. The van der Waals surface area contributed by atoms with Crippen molar-refractivity contribution in [3.05, 3.63) is 52.1 Å². The Kier molecular flexibility index (Phi) is 11.3. The number of ketones is 1. The van der Waals surface area contributed by atoms with Crippen molar-refractivity contribution in [1.82, 2.24) is 10.2 Å². The molecule has 10 nitrogen and oxygen atoms in total. The van der Waals surface area contributed by atoms with E-state index >= 15 is 0 Å². The van der Waals surface area contributed by atoms with E-state index in [4.69, 9.17) is 14.9 Å². The van der Waals surface area contributed by atoms with Gasteiger partial charge in [0.05, 0.1) is 24.4 Å². The number of amidine groups is 1. The van der Waals surface area contributed by atoms with Gasteiger partial charge in [0.1, 0.15) is 17.3 Å². The quantitative estimate of drug-likeness (QED) is 0.266. The van der Waals surface area contributed by atoms with Crippen LogP contribution >= 0.6 is 12.4 Å². The molecule has 0 spiro atoms. The van der Waals surface area contributed by atoms with Gasteiger partial charge in [-0.3, -0.25) is 15.0 Å². The molecule has 0 aromatic heterocycles. The van der Waals surface area contributed by atoms with Crippen molar-refractivity contribution < 1.29 is 29.0 Å². The number of benzene rings is 2. The van der Waals surface area contributed by atoms with Crippen molar-refractivity contribution in [2.24, 2.45) is 0 Å². The molecule has 3 N–H and O–H groups in total. The number of rotatable bonds is 12. The molecule has 1 unspecified atom stereocenters. The van der Waals surface area contributed by atoms with Gasteiger partial charge in [0, 0.05) is 42.9 Å². The number of hydrogen-bond acceptors (Lipinski definition) is 7.